The van der Waals surface area contributed by atoms with Crippen LogP contribution in [0.4, 0.5) is 44.1 Å². The number of aromatic nitrogens is 4. The van der Waals surface area contributed by atoms with Crippen molar-refractivity contribution in [3.8, 4) is 0 Å². The number of hydrogen-bond donors (Lipinski definition) is 0. The summed E-state index contributed by atoms with van der Waals surface area (Å²) in [6.07, 6.45) is -3.60. The van der Waals surface area contributed by atoms with Gasteiger partial charge in [-0.1, -0.05) is 24.0 Å². The summed E-state index contributed by atoms with van der Waals surface area (Å²) >= 11 is 6.64. The van der Waals surface area contributed by atoms with Crippen LogP contribution in [0.2, 0.25) is 5.02 Å². The fourth-order valence-corrected chi connectivity index (χ4v) is 6.39. The van der Waals surface area contributed by atoms with Crippen LogP contribution >= 0.6 is 11.6 Å². The third-order valence-electron chi connectivity index (χ3n) is 8.60. The second-order valence-electron chi connectivity index (χ2n) is 11.8. The number of rotatable bonds is 9. The van der Waals surface area contributed by atoms with Crippen LogP contribution in [0, 0.1) is 5.92 Å². The van der Waals surface area contributed by atoms with Crippen molar-refractivity contribution in [2.45, 2.75) is 70.5 Å². The first-order valence-corrected chi connectivity index (χ1v) is 15.9. The van der Waals surface area contributed by atoms with Gasteiger partial charge in [0, 0.05) is 44.6 Å². The summed E-state index contributed by atoms with van der Waals surface area (Å²) in [5, 5.41) is 0.280. The molecular formula is C31H33BClF6N7O2. The minimum absolute atomic E-state index is 0.0933. The molecule has 5 rings (SSSR count). The Bertz CT molecular complexity index is 1560. The molecular weight excluding hydrogens is 663 g/mol. The van der Waals surface area contributed by atoms with Crippen LogP contribution in [-0.2, 0) is 28.4 Å². The molecule has 0 unspecified atom stereocenters. The summed E-state index contributed by atoms with van der Waals surface area (Å²) in [7, 11) is 5.78. The van der Waals surface area contributed by atoms with Crippen LogP contribution in [0.1, 0.15) is 56.2 Å². The molecule has 1 aromatic carbocycles. The van der Waals surface area contributed by atoms with E-state index in [1.165, 1.54) is 18.6 Å². The summed E-state index contributed by atoms with van der Waals surface area (Å²) in [5.74, 6) is 0.536. The zero-order valence-electron chi connectivity index (χ0n) is 26.2. The zero-order chi connectivity index (χ0) is 34.8. The molecule has 0 bridgehead atoms. The van der Waals surface area contributed by atoms with Crippen LogP contribution < -0.4 is 20.2 Å². The normalized spacial score (nSPS) is 19.1. The Morgan fingerprint density at radius 2 is 1.62 bits per heavy atom. The lowest BCUT2D eigenvalue weighted by Gasteiger charge is -2.32. The number of nitrogens with zero attached hydrogens (tertiary/aromatic N) is 7. The molecule has 0 amide bonds. The summed E-state index contributed by atoms with van der Waals surface area (Å²) in [6.45, 7) is 5.02. The number of carbonyl (C=O) groups is 1. The molecule has 4 heterocycles. The van der Waals surface area contributed by atoms with Crippen molar-refractivity contribution >= 4 is 48.6 Å². The monoisotopic (exact) mass is 695 g/mol. The fourth-order valence-electron chi connectivity index (χ4n) is 6.19. The maximum Gasteiger partial charge on any atom is 0.416 e. The van der Waals surface area contributed by atoms with Gasteiger partial charge in [-0.2, -0.15) is 31.3 Å². The Morgan fingerprint density at radius 1 is 1.00 bits per heavy atom. The van der Waals surface area contributed by atoms with E-state index >= 15 is 0 Å². The highest BCUT2D eigenvalue weighted by Crippen LogP contribution is 2.39. The number of carbonyl (C=O) groups excluding carboxylic acids is 1. The molecule has 2 saturated heterocycles. The largest absolute Gasteiger partial charge is 0.466 e. The second kappa shape index (κ2) is 14.3. The molecule has 256 valence electrons. The van der Waals surface area contributed by atoms with Crippen LogP contribution in [0.3, 0.4) is 0 Å². The molecule has 2 aromatic heterocycles. The highest BCUT2D eigenvalue weighted by Gasteiger charge is 2.40. The van der Waals surface area contributed by atoms with Crippen molar-refractivity contribution in [3.05, 3.63) is 58.5 Å². The van der Waals surface area contributed by atoms with Gasteiger partial charge in [0.1, 0.15) is 12.9 Å². The van der Waals surface area contributed by atoms with E-state index in [9.17, 15) is 31.1 Å². The Hall–Kier alpha value is -3.82. The lowest BCUT2D eigenvalue weighted by atomic mass is 9.97. The van der Waals surface area contributed by atoms with Gasteiger partial charge in [-0.25, -0.2) is 15.0 Å². The molecule has 2 fully saturated rings. The van der Waals surface area contributed by atoms with Gasteiger partial charge < -0.3 is 19.4 Å². The summed E-state index contributed by atoms with van der Waals surface area (Å²) in [5.41, 5.74) is -2.78. The van der Waals surface area contributed by atoms with E-state index in [0.717, 1.165) is 0 Å². The highest BCUT2D eigenvalue weighted by molar-refractivity contribution is 6.33. The van der Waals surface area contributed by atoms with Gasteiger partial charge in [0.15, 0.2) is 5.82 Å². The standard InChI is InChI=1S/C31H33BClF6N7O2/c1-3-23-12-24(17-45(23)26-25(33)15-42-29(43-26)44-7-5-19(6-8-44)27(47)48-4-2)46(28-40-13-22(32)14-41-28)16-18-9-20(30(34,35)36)11-21(10-18)31(37,38)39/h9-11,13-15,19,23-24H,3-8,12,16-17H2,1-2H3/t23-,24+/m1/s1. The predicted molar refractivity (Wildman–Crippen MR) is 168 cm³/mol. The summed E-state index contributed by atoms with van der Waals surface area (Å²) < 4.78 is 87.3. The second-order valence-corrected chi connectivity index (χ2v) is 12.2. The van der Waals surface area contributed by atoms with Crippen LogP contribution in [0.25, 0.3) is 0 Å². The Labute approximate surface area is 280 Å². The number of piperidine rings is 1. The third-order valence-corrected chi connectivity index (χ3v) is 8.87. The average Bonchev–Trinajstić information content (AvgIpc) is 3.47. The smallest absolute Gasteiger partial charge is 0.416 e. The van der Waals surface area contributed by atoms with Crippen LogP contribution in [0.15, 0.2) is 36.8 Å². The fraction of sp³-hybridized carbons (Fsp3) is 0.516. The first-order valence-electron chi connectivity index (χ1n) is 15.5. The number of esters is 1. The number of hydrogen-bond acceptors (Lipinski definition) is 9. The van der Waals surface area contributed by atoms with E-state index in [2.05, 4.69) is 15.0 Å². The third kappa shape index (κ3) is 8.07. The number of benzene rings is 1. The van der Waals surface area contributed by atoms with Crippen molar-refractivity contribution in [2.24, 2.45) is 5.92 Å². The molecule has 2 radical (unpaired) electrons. The van der Waals surface area contributed by atoms with Gasteiger partial charge in [-0.3, -0.25) is 4.79 Å². The predicted octanol–water partition coefficient (Wildman–Crippen LogP) is 5.60. The molecule has 9 nitrogen and oxygen atoms in total. The molecule has 2 aliphatic rings. The lowest BCUT2D eigenvalue weighted by Crippen LogP contribution is -2.40. The zero-order valence-corrected chi connectivity index (χ0v) is 27.0. The van der Waals surface area contributed by atoms with E-state index in [4.69, 9.17) is 29.2 Å². The first-order chi connectivity index (χ1) is 22.7. The SMILES string of the molecule is [B]c1cnc(N(Cc2cc(C(F)(F)F)cc(C(F)(F)F)c2)[C@H]2C[C@@H](CC)N(c3nc(N4CCC(C(=O)OCC)CC4)ncc3Cl)C2)nc1. The van der Waals surface area contributed by atoms with Gasteiger partial charge >= 0.3 is 18.3 Å². The van der Waals surface area contributed by atoms with Gasteiger partial charge in [0.25, 0.3) is 0 Å². The van der Waals surface area contributed by atoms with E-state index in [-0.39, 0.29) is 59.1 Å². The minimum Gasteiger partial charge on any atom is -0.466 e. The molecule has 0 aliphatic carbocycles. The van der Waals surface area contributed by atoms with Crippen molar-refractivity contribution < 1.29 is 35.9 Å². The molecule has 0 spiro atoms. The molecule has 17 heteroatoms. The molecule has 48 heavy (non-hydrogen) atoms. The molecule has 2 aliphatic heterocycles. The lowest BCUT2D eigenvalue weighted by molar-refractivity contribution is -0.148. The van der Waals surface area contributed by atoms with Gasteiger partial charge in [-0.05, 0) is 56.4 Å². The van der Waals surface area contributed by atoms with E-state index in [0.29, 0.717) is 69.3 Å². The van der Waals surface area contributed by atoms with E-state index in [1.54, 1.807) is 11.8 Å². The van der Waals surface area contributed by atoms with Crippen LogP contribution in [-0.4, -0.2) is 72.1 Å². The van der Waals surface area contributed by atoms with Crippen molar-refractivity contribution in [1.82, 2.24) is 19.9 Å². The number of anilines is 3. The Kier molecular flexibility index (Phi) is 10.6. The van der Waals surface area contributed by atoms with Gasteiger partial charge in [-0.15, -0.1) is 0 Å². The number of ether oxygens (including phenoxy) is 1. The maximum atomic E-state index is 13.7. The van der Waals surface area contributed by atoms with Crippen molar-refractivity contribution in [2.75, 3.05) is 40.9 Å². The minimum atomic E-state index is -4.99. The summed E-state index contributed by atoms with van der Waals surface area (Å²) in [6, 6.07) is 0.918. The van der Waals surface area contributed by atoms with E-state index < -0.39 is 29.5 Å². The van der Waals surface area contributed by atoms with Gasteiger partial charge in [0.05, 0.1) is 35.9 Å². The molecule has 0 N–H and O–H groups in total. The van der Waals surface area contributed by atoms with E-state index in [1.807, 2.05) is 16.7 Å². The Morgan fingerprint density at radius 3 is 2.19 bits per heavy atom. The molecule has 0 saturated carbocycles. The first kappa shape index (κ1) is 35.5. The van der Waals surface area contributed by atoms with Gasteiger partial charge in [0.2, 0.25) is 11.9 Å². The Balaban J connectivity index is 1.44. The molecule has 3 aromatic rings. The van der Waals surface area contributed by atoms with Crippen molar-refractivity contribution in [1.29, 1.82) is 0 Å². The topological polar surface area (TPSA) is 87.6 Å². The quantitative estimate of drug-likeness (QED) is 0.162. The number of halogens is 7. The van der Waals surface area contributed by atoms with Crippen LogP contribution in [0.5, 0.6) is 0 Å². The summed E-state index contributed by atoms with van der Waals surface area (Å²) in [4.78, 5) is 35.5. The maximum absolute atomic E-state index is 13.7. The highest BCUT2D eigenvalue weighted by atomic mass is 35.5. The molecule has 2 atom stereocenters. The van der Waals surface area contributed by atoms with Crippen molar-refractivity contribution in [3.63, 3.8) is 0 Å². The average molecular weight is 696 g/mol. The number of alkyl halides is 6.